The molecule has 0 radical (unpaired) electrons. The second kappa shape index (κ2) is 10.1. The second-order valence-electron chi connectivity index (χ2n) is 8.48. The van der Waals surface area contributed by atoms with Crippen LogP contribution in [0.15, 0.2) is 46.9 Å². The van der Waals surface area contributed by atoms with Gasteiger partial charge in [0.1, 0.15) is 5.76 Å². The van der Waals surface area contributed by atoms with Crippen LogP contribution in [0.1, 0.15) is 47.6 Å². The molecule has 2 saturated heterocycles. The highest BCUT2D eigenvalue weighted by molar-refractivity contribution is 5.91. The number of nitrogens with zero attached hydrogens (tertiary/aromatic N) is 2. The summed E-state index contributed by atoms with van der Waals surface area (Å²) in [5.74, 6) is 1.98. The lowest BCUT2D eigenvalue weighted by Crippen LogP contribution is -2.34. The minimum absolute atomic E-state index is 0.1000. The van der Waals surface area contributed by atoms with E-state index in [1.54, 1.807) is 0 Å². The summed E-state index contributed by atoms with van der Waals surface area (Å²) >= 11 is 0. The predicted octanol–water partition coefficient (Wildman–Crippen LogP) is 3.56. The Morgan fingerprint density at radius 2 is 1.72 bits per heavy atom. The first-order valence-corrected chi connectivity index (χ1v) is 11.1. The number of carbonyl (C=O) groups excluding carboxylic acids is 1. The zero-order valence-corrected chi connectivity index (χ0v) is 17.3. The van der Waals surface area contributed by atoms with Crippen molar-refractivity contribution in [1.29, 1.82) is 0 Å². The van der Waals surface area contributed by atoms with Gasteiger partial charge in [0.05, 0.1) is 6.54 Å². The standard InChI is InChI=1S/C24H33N3O2/c28-24(25-12-17-26-13-4-5-14-26)23-9-8-22(29-23)19-27-15-10-21(11-16-27)18-20-6-2-1-3-7-20/h1-3,6-9,21H,4-5,10-19H2,(H,25,28). The number of amides is 1. The molecule has 5 heteroatoms. The fourth-order valence-corrected chi connectivity index (χ4v) is 4.52. The number of rotatable bonds is 8. The third-order valence-corrected chi connectivity index (χ3v) is 6.25. The highest BCUT2D eigenvalue weighted by Gasteiger charge is 2.21. The highest BCUT2D eigenvalue weighted by atomic mass is 16.4. The SMILES string of the molecule is O=C(NCCN1CCCC1)c1ccc(CN2CCC(Cc3ccccc3)CC2)o1. The van der Waals surface area contributed by atoms with Gasteiger partial charge in [-0.2, -0.15) is 0 Å². The molecule has 0 spiro atoms. The molecule has 1 aromatic heterocycles. The smallest absolute Gasteiger partial charge is 0.287 e. The Balaban J connectivity index is 1.18. The van der Waals surface area contributed by atoms with Gasteiger partial charge in [0.2, 0.25) is 0 Å². The van der Waals surface area contributed by atoms with Gasteiger partial charge in [0, 0.05) is 13.1 Å². The molecule has 0 bridgehead atoms. The summed E-state index contributed by atoms with van der Waals surface area (Å²) < 4.78 is 5.83. The lowest BCUT2D eigenvalue weighted by Gasteiger charge is -2.31. The van der Waals surface area contributed by atoms with Gasteiger partial charge in [0.15, 0.2) is 5.76 Å². The van der Waals surface area contributed by atoms with E-state index >= 15 is 0 Å². The van der Waals surface area contributed by atoms with Gasteiger partial charge in [-0.3, -0.25) is 9.69 Å². The first-order chi connectivity index (χ1) is 14.3. The van der Waals surface area contributed by atoms with Crippen LogP contribution in [-0.2, 0) is 13.0 Å². The molecular weight excluding hydrogens is 362 g/mol. The first-order valence-electron chi connectivity index (χ1n) is 11.1. The van der Waals surface area contributed by atoms with Gasteiger partial charge in [0.25, 0.3) is 5.91 Å². The maximum absolute atomic E-state index is 12.3. The molecule has 2 aliphatic heterocycles. The predicted molar refractivity (Wildman–Crippen MR) is 115 cm³/mol. The number of hydrogen-bond acceptors (Lipinski definition) is 4. The van der Waals surface area contributed by atoms with Gasteiger partial charge >= 0.3 is 0 Å². The van der Waals surface area contributed by atoms with Crippen LogP contribution < -0.4 is 5.32 Å². The van der Waals surface area contributed by atoms with Crippen LogP contribution in [0.3, 0.4) is 0 Å². The lowest BCUT2D eigenvalue weighted by molar-refractivity contribution is 0.0916. The molecular formula is C24H33N3O2. The van der Waals surface area contributed by atoms with Crippen LogP contribution in [-0.4, -0.2) is 55.0 Å². The first kappa shape index (κ1) is 20.2. The summed E-state index contributed by atoms with van der Waals surface area (Å²) in [7, 11) is 0. The molecule has 0 aliphatic carbocycles. The Bertz CT molecular complexity index is 759. The van der Waals surface area contributed by atoms with E-state index < -0.39 is 0 Å². The van der Waals surface area contributed by atoms with Crippen molar-refractivity contribution in [3.63, 3.8) is 0 Å². The number of carbonyl (C=O) groups is 1. The number of likely N-dealkylation sites (tertiary alicyclic amines) is 2. The fourth-order valence-electron chi connectivity index (χ4n) is 4.52. The molecule has 29 heavy (non-hydrogen) atoms. The molecule has 156 valence electrons. The molecule has 4 rings (SSSR count). The van der Waals surface area contributed by atoms with Crippen molar-refractivity contribution in [3.05, 3.63) is 59.5 Å². The minimum Gasteiger partial charge on any atom is -0.455 e. The summed E-state index contributed by atoms with van der Waals surface area (Å²) in [4.78, 5) is 17.1. The normalized spacial score (nSPS) is 18.9. The summed E-state index contributed by atoms with van der Waals surface area (Å²) in [6.45, 7) is 6.90. The Morgan fingerprint density at radius 1 is 0.966 bits per heavy atom. The molecule has 3 heterocycles. The maximum Gasteiger partial charge on any atom is 0.287 e. The monoisotopic (exact) mass is 395 g/mol. The van der Waals surface area contributed by atoms with Crippen molar-refractivity contribution in [1.82, 2.24) is 15.1 Å². The molecule has 0 unspecified atom stereocenters. The lowest BCUT2D eigenvalue weighted by atomic mass is 9.90. The summed E-state index contributed by atoms with van der Waals surface area (Å²) in [5.41, 5.74) is 1.44. The van der Waals surface area contributed by atoms with Gasteiger partial charge in [-0.1, -0.05) is 30.3 Å². The Labute approximate surface area is 174 Å². The Kier molecular flexibility index (Phi) is 7.01. The zero-order valence-electron chi connectivity index (χ0n) is 17.3. The topological polar surface area (TPSA) is 48.7 Å². The molecule has 2 aromatic rings. The van der Waals surface area contributed by atoms with Crippen molar-refractivity contribution >= 4 is 5.91 Å². The fraction of sp³-hybridized carbons (Fsp3) is 0.542. The molecule has 1 aromatic carbocycles. The van der Waals surface area contributed by atoms with Crippen molar-refractivity contribution in [3.8, 4) is 0 Å². The largest absolute Gasteiger partial charge is 0.455 e. The molecule has 2 fully saturated rings. The van der Waals surface area contributed by atoms with Crippen LogP contribution in [0, 0.1) is 5.92 Å². The van der Waals surface area contributed by atoms with Gasteiger partial charge < -0.3 is 14.6 Å². The van der Waals surface area contributed by atoms with E-state index in [1.165, 1.54) is 37.7 Å². The van der Waals surface area contributed by atoms with Crippen LogP contribution in [0.2, 0.25) is 0 Å². The minimum atomic E-state index is -0.1000. The summed E-state index contributed by atoms with van der Waals surface area (Å²) in [5, 5.41) is 2.98. The molecule has 0 atom stereocenters. The highest BCUT2D eigenvalue weighted by Crippen LogP contribution is 2.23. The van der Waals surface area contributed by atoms with Crippen molar-refractivity contribution < 1.29 is 9.21 Å². The molecule has 2 aliphatic rings. The third-order valence-electron chi connectivity index (χ3n) is 6.25. The van der Waals surface area contributed by atoms with E-state index in [0.29, 0.717) is 12.3 Å². The maximum atomic E-state index is 12.3. The van der Waals surface area contributed by atoms with Crippen LogP contribution in [0.4, 0.5) is 0 Å². The number of benzene rings is 1. The Hall–Kier alpha value is -2.11. The van der Waals surface area contributed by atoms with E-state index in [2.05, 4.69) is 45.4 Å². The summed E-state index contributed by atoms with van der Waals surface area (Å²) in [6.07, 6.45) is 6.17. The molecule has 0 saturated carbocycles. The third kappa shape index (κ3) is 5.94. The number of furan rings is 1. The van der Waals surface area contributed by atoms with Crippen molar-refractivity contribution in [2.45, 2.75) is 38.6 Å². The van der Waals surface area contributed by atoms with E-state index in [-0.39, 0.29) is 5.91 Å². The second-order valence-corrected chi connectivity index (χ2v) is 8.48. The average Bonchev–Trinajstić information content (AvgIpc) is 3.42. The van der Waals surface area contributed by atoms with Crippen LogP contribution >= 0.6 is 0 Å². The average molecular weight is 396 g/mol. The molecule has 1 N–H and O–H groups in total. The van der Waals surface area contributed by atoms with Crippen molar-refractivity contribution in [2.75, 3.05) is 39.3 Å². The van der Waals surface area contributed by atoms with E-state index in [9.17, 15) is 4.79 Å². The molecule has 1 amide bonds. The van der Waals surface area contributed by atoms with E-state index in [0.717, 1.165) is 50.9 Å². The quantitative estimate of drug-likeness (QED) is 0.743. The molecule has 5 nitrogen and oxygen atoms in total. The zero-order chi connectivity index (χ0) is 19.9. The Morgan fingerprint density at radius 3 is 2.48 bits per heavy atom. The summed E-state index contributed by atoms with van der Waals surface area (Å²) in [6, 6.07) is 14.6. The van der Waals surface area contributed by atoms with Gasteiger partial charge in [-0.15, -0.1) is 0 Å². The van der Waals surface area contributed by atoms with Crippen LogP contribution in [0.25, 0.3) is 0 Å². The van der Waals surface area contributed by atoms with Crippen LogP contribution in [0.5, 0.6) is 0 Å². The van der Waals surface area contributed by atoms with Gasteiger partial charge in [-0.25, -0.2) is 0 Å². The number of piperidine rings is 1. The number of nitrogens with one attached hydrogen (secondary N) is 1. The van der Waals surface area contributed by atoms with E-state index in [4.69, 9.17) is 4.42 Å². The van der Waals surface area contributed by atoms with Crippen molar-refractivity contribution in [2.24, 2.45) is 5.92 Å². The van der Waals surface area contributed by atoms with E-state index in [1.807, 2.05) is 12.1 Å². The number of hydrogen-bond donors (Lipinski definition) is 1. The van der Waals surface area contributed by atoms with Gasteiger partial charge in [-0.05, 0) is 81.9 Å².